The number of halogens is 1. The van der Waals surface area contributed by atoms with Crippen molar-refractivity contribution in [3.05, 3.63) is 17.9 Å². The lowest BCUT2D eigenvalue weighted by atomic mass is 10.1. The summed E-state index contributed by atoms with van der Waals surface area (Å²) in [5.74, 6) is 2.22. The van der Waals surface area contributed by atoms with Gasteiger partial charge in [-0.15, -0.1) is 6.42 Å². The van der Waals surface area contributed by atoms with Crippen LogP contribution in [0.4, 0.5) is 15.8 Å². The van der Waals surface area contributed by atoms with Crippen molar-refractivity contribution in [2.45, 2.75) is 6.04 Å². The molecule has 0 aromatic heterocycles. The molecular weight excluding hydrogens is 267 g/mol. The summed E-state index contributed by atoms with van der Waals surface area (Å²) in [6.07, 6.45) is 6.03. The molecule has 1 atom stereocenters. The van der Waals surface area contributed by atoms with Crippen LogP contribution in [0.25, 0.3) is 0 Å². The SMILES string of the molecule is C#CCN1c2cc(N=C=S)c(F)cc2OCC1C=O. The van der Waals surface area contributed by atoms with Crippen molar-refractivity contribution < 1.29 is 13.9 Å². The van der Waals surface area contributed by atoms with Crippen LogP contribution in [-0.2, 0) is 4.79 Å². The molecule has 0 amide bonds. The molecule has 19 heavy (non-hydrogen) atoms. The van der Waals surface area contributed by atoms with Crippen molar-refractivity contribution in [3.63, 3.8) is 0 Å². The minimum absolute atomic E-state index is 0.0333. The molecule has 0 N–H and O–H groups in total. The maximum atomic E-state index is 13.7. The topological polar surface area (TPSA) is 41.9 Å². The minimum Gasteiger partial charge on any atom is -0.489 e. The number of hydrogen-bond donors (Lipinski definition) is 0. The Bertz CT molecular complexity index is 605. The Morgan fingerprint density at radius 2 is 2.47 bits per heavy atom. The second-order valence-electron chi connectivity index (χ2n) is 3.82. The summed E-state index contributed by atoms with van der Waals surface area (Å²) in [4.78, 5) is 16.3. The van der Waals surface area contributed by atoms with Crippen molar-refractivity contribution >= 4 is 35.0 Å². The molecule has 0 saturated carbocycles. The molecule has 0 fully saturated rings. The maximum absolute atomic E-state index is 13.7. The zero-order valence-electron chi connectivity index (χ0n) is 9.80. The number of anilines is 1. The number of benzene rings is 1. The molecule has 0 saturated heterocycles. The van der Waals surface area contributed by atoms with Gasteiger partial charge >= 0.3 is 0 Å². The number of isothiocyanates is 1. The van der Waals surface area contributed by atoms with Crippen LogP contribution in [0.1, 0.15) is 0 Å². The van der Waals surface area contributed by atoms with Crippen LogP contribution in [0.2, 0.25) is 0 Å². The van der Waals surface area contributed by atoms with E-state index in [0.29, 0.717) is 11.4 Å². The largest absolute Gasteiger partial charge is 0.489 e. The van der Waals surface area contributed by atoms with Gasteiger partial charge in [-0.1, -0.05) is 5.92 Å². The van der Waals surface area contributed by atoms with Gasteiger partial charge in [0.05, 0.1) is 17.4 Å². The first-order valence-electron chi connectivity index (χ1n) is 5.41. The number of fused-ring (bicyclic) bond motifs is 1. The van der Waals surface area contributed by atoms with Gasteiger partial charge in [-0.3, -0.25) is 0 Å². The first-order valence-corrected chi connectivity index (χ1v) is 5.81. The molecule has 0 radical (unpaired) electrons. The van der Waals surface area contributed by atoms with Gasteiger partial charge in [-0.25, -0.2) is 4.39 Å². The Labute approximate surface area is 114 Å². The summed E-state index contributed by atoms with van der Waals surface area (Å²) >= 11 is 4.46. The highest BCUT2D eigenvalue weighted by atomic mass is 32.1. The van der Waals surface area contributed by atoms with Crippen molar-refractivity contribution in [1.29, 1.82) is 0 Å². The van der Waals surface area contributed by atoms with Gasteiger partial charge < -0.3 is 14.4 Å². The van der Waals surface area contributed by atoms with E-state index in [1.165, 1.54) is 12.1 Å². The third-order valence-corrected chi connectivity index (χ3v) is 2.82. The normalized spacial score (nSPS) is 16.6. The van der Waals surface area contributed by atoms with Gasteiger partial charge in [0.15, 0.2) is 5.82 Å². The highest BCUT2D eigenvalue weighted by molar-refractivity contribution is 7.78. The fourth-order valence-electron chi connectivity index (χ4n) is 1.86. The number of aliphatic imine (C=N–C) groups is 1. The third kappa shape index (κ3) is 2.48. The Balaban J connectivity index is 2.54. The predicted molar refractivity (Wildman–Crippen MR) is 72.6 cm³/mol. The van der Waals surface area contributed by atoms with Crippen LogP contribution in [0, 0.1) is 18.2 Å². The van der Waals surface area contributed by atoms with Crippen LogP contribution in [-0.4, -0.2) is 30.6 Å². The number of rotatable bonds is 3. The van der Waals surface area contributed by atoms with E-state index >= 15 is 0 Å². The van der Waals surface area contributed by atoms with E-state index in [9.17, 15) is 9.18 Å². The van der Waals surface area contributed by atoms with Gasteiger partial charge in [0, 0.05) is 6.07 Å². The van der Waals surface area contributed by atoms with Crippen LogP contribution < -0.4 is 9.64 Å². The minimum atomic E-state index is -0.568. The average molecular weight is 276 g/mol. The number of nitrogens with zero attached hydrogens (tertiary/aromatic N) is 2. The highest BCUT2D eigenvalue weighted by Gasteiger charge is 2.28. The summed E-state index contributed by atoms with van der Waals surface area (Å²) in [5.41, 5.74) is 0.553. The molecule has 1 aromatic carbocycles. The number of carbonyl (C=O) groups is 1. The molecule has 6 heteroatoms. The first-order chi connectivity index (χ1) is 9.21. The molecule has 1 heterocycles. The molecule has 0 aliphatic carbocycles. The van der Waals surface area contributed by atoms with Crippen LogP contribution in [0.15, 0.2) is 17.1 Å². The molecule has 1 aliphatic rings. The van der Waals surface area contributed by atoms with E-state index in [0.717, 1.165) is 6.29 Å². The molecule has 2 rings (SSSR count). The maximum Gasteiger partial charge on any atom is 0.153 e. The van der Waals surface area contributed by atoms with E-state index in [2.05, 4.69) is 28.3 Å². The summed E-state index contributed by atoms with van der Waals surface area (Å²) < 4.78 is 19.0. The number of thiocarbonyl (C=S) groups is 1. The summed E-state index contributed by atoms with van der Waals surface area (Å²) in [7, 11) is 0. The molecule has 1 aliphatic heterocycles. The molecule has 96 valence electrons. The zero-order chi connectivity index (χ0) is 13.8. The highest BCUT2D eigenvalue weighted by Crippen LogP contribution is 2.38. The number of hydrogen-bond acceptors (Lipinski definition) is 5. The van der Waals surface area contributed by atoms with Crippen molar-refractivity contribution in [2.24, 2.45) is 4.99 Å². The van der Waals surface area contributed by atoms with E-state index in [4.69, 9.17) is 11.2 Å². The Morgan fingerprint density at radius 3 is 3.11 bits per heavy atom. The quantitative estimate of drug-likeness (QED) is 0.366. The smallest absolute Gasteiger partial charge is 0.153 e. The first kappa shape index (κ1) is 13.2. The molecule has 1 aromatic rings. The summed E-state index contributed by atoms with van der Waals surface area (Å²) in [6.45, 7) is 0.347. The van der Waals surface area contributed by atoms with E-state index < -0.39 is 11.9 Å². The Kier molecular flexibility index (Phi) is 3.91. The summed E-state index contributed by atoms with van der Waals surface area (Å²) in [6, 6.07) is 2.14. The van der Waals surface area contributed by atoms with E-state index in [-0.39, 0.29) is 18.8 Å². The third-order valence-electron chi connectivity index (χ3n) is 2.73. The lowest BCUT2D eigenvalue weighted by Crippen LogP contribution is -2.44. The van der Waals surface area contributed by atoms with Gasteiger partial charge in [0.25, 0.3) is 0 Å². The molecule has 0 spiro atoms. The Morgan fingerprint density at radius 1 is 1.68 bits per heavy atom. The average Bonchev–Trinajstić information content (AvgIpc) is 2.41. The zero-order valence-corrected chi connectivity index (χ0v) is 10.6. The van der Waals surface area contributed by atoms with Gasteiger partial charge in [0.2, 0.25) is 0 Å². The van der Waals surface area contributed by atoms with Gasteiger partial charge in [-0.05, 0) is 18.3 Å². The predicted octanol–water partition coefficient (Wildman–Crippen LogP) is 1.96. The van der Waals surface area contributed by atoms with Gasteiger partial charge in [-0.2, -0.15) is 4.99 Å². The Hall–Kier alpha value is -2.22. The molecule has 4 nitrogen and oxygen atoms in total. The van der Waals surface area contributed by atoms with E-state index in [1.807, 2.05) is 0 Å². The fraction of sp³-hybridized carbons (Fsp3) is 0.231. The number of carbonyl (C=O) groups excluding carboxylic acids is 1. The van der Waals surface area contributed by atoms with Crippen molar-refractivity contribution in [2.75, 3.05) is 18.1 Å². The summed E-state index contributed by atoms with van der Waals surface area (Å²) in [5, 5.41) is 2.10. The number of ether oxygens (including phenoxy) is 1. The molecular formula is C13H9FN2O2S. The standard InChI is InChI=1S/C13H9FN2O2S/c1-2-3-16-9(6-17)7-18-13-4-10(14)11(15-8-19)5-12(13)16/h1,4-6,9H,3,7H2. The molecule has 1 unspecified atom stereocenters. The lowest BCUT2D eigenvalue weighted by molar-refractivity contribution is -0.109. The number of aldehydes is 1. The van der Waals surface area contributed by atoms with Crippen LogP contribution >= 0.6 is 12.2 Å². The second-order valence-corrected chi connectivity index (χ2v) is 4.00. The van der Waals surface area contributed by atoms with Crippen molar-refractivity contribution in [1.82, 2.24) is 0 Å². The second kappa shape index (κ2) is 5.61. The lowest BCUT2D eigenvalue weighted by Gasteiger charge is -2.34. The van der Waals surface area contributed by atoms with Crippen LogP contribution in [0.5, 0.6) is 5.75 Å². The van der Waals surface area contributed by atoms with E-state index in [1.54, 1.807) is 4.90 Å². The van der Waals surface area contributed by atoms with Crippen molar-refractivity contribution in [3.8, 4) is 18.1 Å². The van der Waals surface area contributed by atoms with Gasteiger partial charge in [0.1, 0.15) is 30.4 Å². The monoisotopic (exact) mass is 276 g/mol. The fourth-order valence-corrected chi connectivity index (χ4v) is 1.96. The van der Waals surface area contributed by atoms with Crippen LogP contribution in [0.3, 0.4) is 0 Å². The number of terminal acetylenes is 1. The molecule has 0 bridgehead atoms.